The summed E-state index contributed by atoms with van der Waals surface area (Å²) in [6, 6.07) is 13.9. The van der Waals surface area contributed by atoms with Crippen molar-refractivity contribution in [3.63, 3.8) is 0 Å². The first-order valence-electron chi connectivity index (χ1n) is 6.29. The summed E-state index contributed by atoms with van der Waals surface area (Å²) < 4.78 is 23.6. The van der Waals surface area contributed by atoms with E-state index in [2.05, 4.69) is 0 Å². The highest BCUT2D eigenvalue weighted by Gasteiger charge is 2.28. The molecule has 0 aliphatic rings. The molecule has 7 heteroatoms. The van der Waals surface area contributed by atoms with Crippen LogP contribution in [0.25, 0.3) is 0 Å². The van der Waals surface area contributed by atoms with E-state index >= 15 is 0 Å². The number of non-ortho nitro benzene ring substituents is 1. The third kappa shape index (κ3) is 3.68. The second-order valence-electron chi connectivity index (χ2n) is 4.09. The summed E-state index contributed by atoms with van der Waals surface area (Å²) in [5.74, 6) is 0.251. The lowest BCUT2D eigenvalue weighted by atomic mass is 10.3. The minimum atomic E-state index is -3.50. The number of hydrogen-bond acceptors (Lipinski definition) is 5. The number of nitrogens with zero attached hydrogens (tertiary/aromatic N) is 1. The van der Waals surface area contributed by atoms with E-state index in [1.165, 1.54) is 24.3 Å². The van der Waals surface area contributed by atoms with Gasteiger partial charge in [0.15, 0.2) is 0 Å². The van der Waals surface area contributed by atoms with Crippen LogP contribution < -0.4 is 9.83 Å². The van der Waals surface area contributed by atoms with Gasteiger partial charge in [-0.25, -0.2) is 4.57 Å². The molecule has 2 aromatic rings. The highest BCUT2D eigenvalue weighted by molar-refractivity contribution is 7.62. The molecular formula is C14H14NO5P. The van der Waals surface area contributed by atoms with Gasteiger partial charge >= 0.3 is 7.60 Å². The highest BCUT2D eigenvalue weighted by Crippen LogP contribution is 2.47. The van der Waals surface area contributed by atoms with Crippen LogP contribution in [0.4, 0.5) is 5.69 Å². The molecule has 1 unspecified atom stereocenters. The SMILES string of the molecule is CCOP(=O)(Oc1ccc([N+](=O)[O-])cc1)c1ccccc1. The summed E-state index contributed by atoms with van der Waals surface area (Å²) in [6.07, 6.45) is 0. The van der Waals surface area contributed by atoms with E-state index in [9.17, 15) is 14.7 Å². The molecular weight excluding hydrogens is 293 g/mol. The first-order chi connectivity index (χ1) is 10.0. The van der Waals surface area contributed by atoms with Gasteiger partial charge in [0.05, 0.1) is 16.8 Å². The predicted octanol–water partition coefficient (Wildman–Crippen LogP) is 3.53. The molecule has 0 N–H and O–H groups in total. The number of hydrogen-bond donors (Lipinski definition) is 0. The van der Waals surface area contributed by atoms with Gasteiger partial charge in [0.25, 0.3) is 5.69 Å². The van der Waals surface area contributed by atoms with Crippen molar-refractivity contribution < 1.29 is 18.5 Å². The minimum absolute atomic E-state index is 0.0618. The summed E-state index contributed by atoms with van der Waals surface area (Å²) in [7, 11) is -3.50. The van der Waals surface area contributed by atoms with Gasteiger partial charge in [-0.2, -0.15) is 0 Å². The van der Waals surface area contributed by atoms with Gasteiger partial charge in [-0.05, 0) is 31.2 Å². The fourth-order valence-electron chi connectivity index (χ4n) is 1.70. The van der Waals surface area contributed by atoms with Crippen LogP contribution in [0.5, 0.6) is 5.75 Å². The van der Waals surface area contributed by atoms with E-state index in [4.69, 9.17) is 9.05 Å². The van der Waals surface area contributed by atoms with Crippen LogP contribution in [0.2, 0.25) is 0 Å². The fraction of sp³-hybridized carbons (Fsp3) is 0.143. The monoisotopic (exact) mass is 307 g/mol. The average Bonchev–Trinajstić information content (AvgIpc) is 2.49. The lowest BCUT2D eigenvalue weighted by Gasteiger charge is -2.18. The smallest absolute Gasteiger partial charge is 0.410 e. The van der Waals surface area contributed by atoms with Gasteiger partial charge in [0.2, 0.25) is 0 Å². The van der Waals surface area contributed by atoms with Crippen molar-refractivity contribution in [2.75, 3.05) is 6.61 Å². The Kier molecular flexibility index (Phi) is 4.73. The van der Waals surface area contributed by atoms with Crippen LogP contribution in [0.1, 0.15) is 6.92 Å². The van der Waals surface area contributed by atoms with Crippen molar-refractivity contribution in [2.45, 2.75) is 6.92 Å². The maximum atomic E-state index is 12.8. The largest absolute Gasteiger partial charge is 0.421 e. The van der Waals surface area contributed by atoms with Gasteiger partial charge in [-0.3, -0.25) is 14.6 Å². The summed E-state index contributed by atoms with van der Waals surface area (Å²) in [4.78, 5) is 10.1. The molecule has 110 valence electrons. The van der Waals surface area contributed by atoms with Crippen molar-refractivity contribution in [3.8, 4) is 5.75 Å². The number of nitro groups is 1. The van der Waals surface area contributed by atoms with Gasteiger partial charge in [0.1, 0.15) is 5.75 Å². The Hall–Kier alpha value is -2.17. The Bertz CT molecular complexity index is 657. The van der Waals surface area contributed by atoms with Gasteiger partial charge in [0, 0.05) is 12.1 Å². The Labute approximate surface area is 122 Å². The molecule has 0 saturated heterocycles. The zero-order valence-corrected chi connectivity index (χ0v) is 12.2. The molecule has 0 spiro atoms. The first kappa shape index (κ1) is 15.2. The van der Waals surface area contributed by atoms with Gasteiger partial charge < -0.3 is 4.52 Å². The second kappa shape index (κ2) is 6.52. The van der Waals surface area contributed by atoms with E-state index < -0.39 is 12.5 Å². The molecule has 2 rings (SSSR count). The molecule has 6 nitrogen and oxygen atoms in total. The molecule has 2 aromatic carbocycles. The second-order valence-corrected chi connectivity index (χ2v) is 6.05. The third-order valence-corrected chi connectivity index (χ3v) is 4.62. The Balaban J connectivity index is 2.28. The normalized spacial score (nSPS) is 13.4. The molecule has 0 fully saturated rings. The van der Waals surface area contributed by atoms with Crippen molar-refractivity contribution in [3.05, 3.63) is 64.7 Å². The quantitative estimate of drug-likeness (QED) is 0.463. The standard InChI is InChI=1S/C14H14NO5P/c1-2-19-21(18,14-6-4-3-5-7-14)20-13-10-8-12(9-11-13)15(16)17/h3-11H,2H2,1H3. The van der Waals surface area contributed by atoms with Crippen molar-refractivity contribution in [1.29, 1.82) is 0 Å². The molecule has 0 aliphatic carbocycles. The average molecular weight is 307 g/mol. The zero-order chi connectivity index (χ0) is 15.3. The van der Waals surface area contributed by atoms with E-state index in [1.807, 2.05) is 0 Å². The topological polar surface area (TPSA) is 78.7 Å². The summed E-state index contributed by atoms with van der Waals surface area (Å²) in [5.41, 5.74) is -0.0618. The van der Waals surface area contributed by atoms with Gasteiger partial charge in [-0.1, -0.05) is 18.2 Å². The van der Waals surface area contributed by atoms with Crippen molar-refractivity contribution in [1.82, 2.24) is 0 Å². The lowest BCUT2D eigenvalue weighted by Crippen LogP contribution is -2.12. The van der Waals surface area contributed by atoms with Crippen LogP contribution >= 0.6 is 7.60 Å². The zero-order valence-electron chi connectivity index (χ0n) is 11.3. The van der Waals surface area contributed by atoms with E-state index in [0.717, 1.165) is 0 Å². The highest BCUT2D eigenvalue weighted by atomic mass is 31.2. The van der Waals surface area contributed by atoms with Crippen molar-refractivity contribution >= 4 is 18.6 Å². The lowest BCUT2D eigenvalue weighted by molar-refractivity contribution is -0.384. The summed E-state index contributed by atoms with van der Waals surface area (Å²) in [5, 5.41) is 11.0. The number of nitro benzene ring substituents is 1. The number of benzene rings is 2. The van der Waals surface area contributed by atoms with Gasteiger partial charge in [-0.15, -0.1) is 0 Å². The molecule has 0 amide bonds. The fourth-order valence-corrected chi connectivity index (χ4v) is 3.29. The number of rotatable bonds is 6. The summed E-state index contributed by atoms with van der Waals surface area (Å²) >= 11 is 0. The summed E-state index contributed by atoms with van der Waals surface area (Å²) in [6.45, 7) is 1.94. The Morgan fingerprint density at radius 1 is 1.10 bits per heavy atom. The van der Waals surface area contributed by atoms with Crippen LogP contribution in [-0.4, -0.2) is 11.5 Å². The van der Waals surface area contributed by atoms with Crippen molar-refractivity contribution in [2.24, 2.45) is 0 Å². The van der Waals surface area contributed by atoms with E-state index in [0.29, 0.717) is 5.30 Å². The molecule has 0 heterocycles. The van der Waals surface area contributed by atoms with Crippen LogP contribution in [0.3, 0.4) is 0 Å². The molecule has 0 aliphatic heterocycles. The molecule has 1 atom stereocenters. The first-order valence-corrected chi connectivity index (χ1v) is 7.83. The van der Waals surface area contributed by atoms with Crippen LogP contribution in [0, 0.1) is 10.1 Å². The maximum Gasteiger partial charge on any atom is 0.410 e. The predicted molar refractivity (Wildman–Crippen MR) is 79.0 cm³/mol. The maximum absolute atomic E-state index is 12.8. The van der Waals surface area contributed by atoms with Crippen LogP contribution in [-0.2, 0) is 9.09 Å². The molecule has 0 radical (unpaired) electrons. The Morgan fingerprint density at radius 2 is 1.71 bits per heavy atom. The molecule has 0 aromatic heterocycles. The van der Waals surface area contributed by atoms with E-state index in [-0.39, 0.29) is 18.0 Å². The molecule has 21 heavy (non-hydrogen) atoms. The Morgan fingerprint density at radius 3 is 2.24 bits per heavy atom. The minimum Gasteiger partial charge on any atom is -0.421 e. The molecule has 0 bridgehead atoms. The molecule has 0 saturated carbocycles. The van der Waals surface area contributed by atoms with Crippen LogP contribution in [0.15, 0.2) is 54.6 Å². The third-order valence-electron chi connectivity index (χ3n) is 2.64. The van der Waals surface area contributed by atoms with E-state index in [1.54, 1.807) is 37.3 Å².